The highest BCUT2D eigenvalue weighted by molar-refractivity contribution is 7.98. The van der Waals surface area contributed by atoms with E-state index >= 15 is 0 Å². The smallest absolute Gasteiger partial charge is 0.241 e. The van der Waals surface area contributed by atoms with E-state index in [4.69, 9.17) is 4.74 Å². The number of carbonyl (C=O) groups is 1. The number of thioether (sulfide) groups is 1. The van der Waals surface area contributed by atoms with Gasteiger partial charge in [0, 0.05) is 36.8 Å². The third-order valence-electron chi connectivity index (χ3n) is 5.00. The standard InChI is InChI=1S/C21H27N3O2S/c1-16(21(25)22-17-7-6-8-18(15-17)27-3)23-11-13-24(14-12-23)19-9-4-5-10-20(19)26-2/h4-10,15-16H,11-14H2,1-3H3,(H,22,25). The van der Waals surface area contributed by atoms with Crippen molar-refractivity contribution in [1.29, 1.82) is 0 Å². The summed E-state index contributed by atoms with van der Waals surface area (Å²) in [5, 5.41) is 3.05. The van der Waals surface area contributed by atoms with Crippen LogP contribution in [0.15, 0.2) is 53.4 Å². The van der Waals surface area contributed by atoms with Gasteiger partial charge in [0.05, 0.1) is 18.8 Å². The number of anilines is 2. The van der Waals surface area contributed by atoms with Gasteiger partial charge in [0.25, 0.3) is 0 Å². The number of rotatable bonds is 6. The zero-order valence-corrected chi connectivity index (χ0v) is 17.0. The lowest BCUT2D eigenvalue weighted by Crippen LogP contribution is -2.52. The second-order valence-corrected chi connectivity index (χ2v) is 7.47. The average Bonchev–Trinajstić information content (AvgIpc) is 2.73. The number of benzene rings is 2. The van der Waals surface area contributed by atoms with E-state index in [1.807, 2.05) is 55.6 Å². The molecular weight excluding hydrogens is 358 g/mol. The highest BCUT2D eigenvalue weighted by Crippen LogP contribution is 2.28. The summed E-state index contributed by atoms with van der Waals surface area (Å²) < 4.78 is 5.48. The van der Waals surface area contributed by atoms with E-state index in [0.717, 1.165) is 48.2 Å². The number of methoxy groups -OCH3 is 1. The van der Waals surface area contributed by atoms with Crippen LogP contribution in [-0.2, 0) is 4.79 Å². The Balaban J connectivity index is 1.57. The molecule has 3 rings (SSSR count). The number of hydrogen-bond donors (Lipinski definition) is 1. The lowest BCUT2D eigenvalue weighted by atomic mass is 10.2. The molecule has 1 saturated heterocycles. The summed E-state index contributed by atoms with van der Waals surface area (Å²) in [6.45, 7) is 5.42. The van der Waals surface area contributed by atoms with Crippen molar-refractivity contribution in [3.05, 3.63) is 48.5 Å². The van der Waals surface area contributed by atoms with Crippen molar-refractivity contribution >= 4 is 29.0 Å². The van der Waals surface area contributed by atoms with Crippen molar-refractivity contribution in [3.8, 4) is 5.75 Å². The molecule has 0 aromatic heterocycles. The number of carbonyl (C=O) groups excluding carboxylic acids is 1. The van der Waals surface area contributed by atoms with E-state index < -0.39 is 0 Å². The predicted molar refractivity (Wildman–Crippen MR) is 113 cm³/mol. The van der Waals surface area contributed by atoms with Crippen molar-refractivity contribution in [1.82, 2.24) is 4.90 Å². The van der Waals surface area contributed by atoms with Gasteiger partial charge in [-0.2, -0.15) is 0 Å². The van der Waals surface area contributed by atoms with Gasteiger partial charge in [0.2, 0.25) is 5.91 Å². The molecule has 0 saturated carbocycles. The fraction of sp³-hybridized carbons (Fsp3) is 0.381. The minimum absolute atomic E-state index is 0.0407. The molecule has 1 atom stereocenters. The zero-order chi connectivity index (χ0) is 19.2. The van der Waals surface area contributed by atoms with Crippen LogP contribution in [0.2, 0.25) is 0 Å². The van der Waals surface area contributed by atoms with Crippen molar-refractivity contribution < 1.29 is 9.53 Å². The number of hydrogen-bond acceptors (Lipinski definition) is 5. The Bertz CT molecular complexity index is 776. The van der Waals surface area contributed by atoms with Gasteiger partial charge in [-0.3, -0.25) is 9.69 Å². The number of nitrogens with zero attached hydrogens (tertiary/aromatic N) is 2. The Morgan fingerprint density at radius 1 is 1.11 bits per heavy atom. The molecule has 2 aromatic rings. The fourth-order valence-electron chi connectivity index (χ4n) is 3.35. The van der Waals surface area contributed by atoms with Crippen LogP contribution in [0.25, 0.3) is 0 Å². The first kappa shape index (κ1) is 19.6. The van der Waals surface area contributed by atoms with Crippen LogP contribution in [0.1, 0.15) is 6.92 Å². The lowest BCUT2D eigenvalue weighted by molar-refractivity contribution is -0.120. The molecular formula is C21H27N3O2S. The monoisotopic (exact) mass is 385 g/mol. The largest absolute Gasteiger partial charge is 0.495 e. The fourth-order valence-corrected chi connectivity index (χ4v) is 3.81. The first-order valence-electron chi connectivity index (χ1n) is 9.19. The Hall–Kier alpha value is -2.18. The summed E-state index contributed by atoms with van der Waals surface area (Å²) in [7, 11) is 1.70. The van der Waals surface area contributed by atoms with Gasteiger partial charge >= 0.3 is 0 Å². The molecule has 144 valence electrons. The molecule has 0 radical (unpaired) electrons. The number of nitrogens with one attached hydrogen (secondary N) is 1. The van der Waals surface area contributed by atoms with Gasteiger partial charge in [0.1, 0.15) is 5.75 Å². The normalized spacial score (nSPS) is 16.0. The number of ether oxygens (including phenoxy) is 1. The second-order valence-electron chi connectivity index (χ2n) is 6.59. The Morgan fingerprint density at radius 3 is 2.56 bits per heavy atom. The maximum atomic E-state index is 12.7. The van der Waals surface area contributed by atoms with E-state index in [-0.39, 0.29) is 11.9 Å². The van der Waals surface area contributed by atoms with E-state index in [1.54, 1.807) is 18.9 Å². The van der Waals surface area contributed by atoms with Crippen LogP contribution in [0.3, 0.4) is 0 Å². The van der Waals surface area contributed by atoms with Gasteiger partial charge < -0.3 is 15.0 Å². The minimum atomic E-state index is -0.164. The Kier molecular flexibility index (Phi) is 6.63. The molecule has 1 heterocycles. The average molecular weight is 386 g/mol. The van der Waals surface area contributed by atoms with E-state index in [1.165, 1.54) is 0 Å². The highest BCUT2D eigenvalue weighted by atomic mass is 32.2. The molecule has 27 heavy (non-hydrogen) atoms. The minimum Gasteiger partial charge on any atom is -0.495 e. The van der Waals surface area contributed by atoms with Gasteiger partial charge in [-0.1, -0.05) is 18.2 Å². The molecule has 1 unspecified atom stereocenters. The maximum absolute atomic E-state index is 12.7. The second kappa shape index (κ2) is 9.15. The van der Waals surface area contributed by atoms with Crippen LogP contribution >= 0.6 is 11.8 Å². The van der Waals surface area contributed by atoms with Crippen LogP contribution in [0, 0.1) is 0 Å². The summed E-state index contributed by atoms with van der Waals surface area (Å²) >= 11 is 1.67. The van der Waals surface area contributed by atoms with Crippen LogP contribution in [-0.4, -0.2) is 56.4 Å². The van der Waals surface area contributed by atoms with Gasteiger partial charge in [-0.25, -0.2) is 0 Å². The summed E-state index contributed by atoms with van der Waals surface area (Å²) in [4.78, 5) is 18.4. The number of piperazine rings is 1. The summed E-state index contributed by atoms with van der Waals surface area (Å²) in [5.74, 6) is 0.935. The van der Waals surface area contributed by atoms with E-state index in [0.29, 0.717) is 0 Å². The molecule has 2 aromatic carbocycles. The van der Waals surface area contributed by atoms with Gasteiger partial charge in [-0.05, 0) is 43.5 Å². The Morgan fingerprint density at radius 2 is 1.85 bits per heavy atom. The van der Waals surface area contributed by atoms with E-state index in [9.17, 15) is 4.79 Å². The van der Waals surface area contributed by atoms with Crippen molar-refractivity contribution in [3.63, 3.8) is 0 Å². The quantitative estimate of drug-likeness (QED) is 0.770. The molecule has 6 heteroatoms. The molecule has 1 aliphatic rings. The van der Waals surface area contributed by atoms with Crippen LogP contribution in [0.5, 0.6) is 5.75 Å². The molecule has 1 fully saturated rings. The van der Waals surface area contributed by atoms with E-state index in [2.05, 4.69) is 21.2 Å². The molecule has 0 bridgehead atoms. The maximum Gasteiger partial charge on any atom is 0.241 e. The Labute approximate surface area is 165 Å². The summed E-state index contributed by atoms with van der Waals surface area (Å²) in [6.07, 6.45) is 2.03. The summed E-state index contributed by atoms with van der Waals surface area (Å²) in [5.41, 5.74) is 1.97. The molecule has 1 amide bonds. The first-order valence-corrected chi connectivity index (χ1v) is 10.4. The van der Waals surface area contributed by atoms with Crippen LogP contribution in [0.4, 0.5) is 11.4 Å². The van der Waals surface area contributed by atoms with Gasteiger partial charge in [0.15, 0.2) is 0 Å². The zero-order valence-electron chi connectivity index (χ0n) is 16.1. The predicted octanol–water partition coefficient (Wildman–Crippen LogP) is 3.57. The van der Waals surface area contributed by atoms with Crippen LogP contribution < -0.4 is 15.0 Å². The summed E-state index contributed by atoms with van der Waals surface area (Å²) in [6, 6.07) is 15.9. The molecule has 0 spiro atoms. The lowest BCUT2D eigenvalue weighted by Gasteiger charge is -2.38. The topological polar surface area (TPSA) is 44.8 Å². The molecule has 1 aliphatic heterocycles. The first-order chi connectivity index (χ1) is 13.1. The van der Waals surface area contributed by atoms with Gasteiger partial charge in [-0.15, -0.1) is 11.8 Å². The van der Waals surface area contributed by atoms with Crippen molar-refractivity contribution in [2.24, 2.45) is 0 Å². The molecule has 5 nitrogen and oxygen atoms in total. The highest BCUT2D eigenvalue weighted by Gasteiger charge is 2.26. The van der Waals surface area contributed by atoms with Crippen molar-refractivity contribution in [2.75, 3.05) is 49.8 Å². The van der Waals surface area contributed by atoms with Crippen molar-refractivity contribution in [2.45, 2.75) is 17.9 Å². The third-order valence-corrected chi connectivity index (χ3v) is 5.73. The SMILES string of the molecule is COc1ccccc1N1CCN(C(C)C(=O)Nc2cccc(SC)c2)CC1. The molecule has 0 aliphatic carbocycles. The number of para-hydroxylation sites is 2. The third kappa shape index (κ3) is 4.76. The number of amides is 1. The molecule has 1 N–H and O–H groups in total.